The second kappa shape index (κ2) is 11.4. The van der Waals surface area contributed by atoms with Gasteiger partial charge in [-0.05, 0) is 63.3 Å². The van der Waals surface area contributed by atoms with Crippen LogP contribution in [0.2, 0.25) is 5.02 Å². The molecule has 35 heavy (non-hydrogen) atoms. The second-order valence-electron chi connectivity index (χ2n) is 8.14. The molecule has 1 aromatic carbocycles. The smallest absolute Gasteiger partial charge is 0.235 e. The van der Waals surface area contributed by atoms with Gasteiger partial charge in [0.1, 0.15) is 22.6 Å². The number of fused-ring (bicyclic) bond motifs is 1. The van der Waals surface area contributed by atoms with Gasteiger partial charge in [-0.25, -0.2) is 4.39 Å². The lowest BCUT2D eigenvalue weighted by Crippen LogP contribution is -2.15. The summed E-state index contributed by atoms with van der Waals surface area (Å²) in [6.45, 7) is 4.33. The summed E-state index contributed by atoms with van der Waals surface area (Å²) in [6.07, 6.45) is 4.73. The van der Waals surface area contributed by atoms with Gasteiger partial charge in [0.05, 0.1) is 16.3 Å². The summed E-state index contributed by atoms with van der Waals surface area (Å²) in [4.78, 5) is 13.9. The zero-order valence-electron chi connectivity index (χ0n) is 19.4. The molecule has 1 atom stereocenters. The zero-order chi connectivity index (χ0) is 24.9. The van der Waals surface area contributed by atoms with Crippen molar-refractivity contribution in [1.82, 2.24) is 14.8 Å². The van der Waals surface area contributed by atoms with Crippen LogP contribution in [0.15, 0.2) is 23.4 Å². The van der Waals surface area contributed by atoms with Crippen LogP contribution in [0.5, 0.6) is 5.75 Å². The number of hydrogen-bond donors (Lipinski definition) is 1. The second-order valence-corrected chi connectivity index (χ2v) is 10.6. The zero-order valence-corrected chi connectivity index (χ0v) is 21.8. The number of aryl methyl sites for hydroxylation is 1. The molecule has 1 aliphatic rings. The summed E-state index contributed by atoms with van der Waals surface area (Å²) in [5, 5.41) is 22.5. The molecule has 1 amide bonds. The van der Waals surface area contributed by atoms with Crippen LogP contribution in [-0.4, -0.2) is 26.4 Å². The molecule has 184 valence electrons. The van der Waals surface area contributed by atoms with Crippen molar-refractivity contribution in [3.05, 3.63) is 50.9 Å². The summed E-state index contributed by atoms with van der Waals surface area (Å²) >= 11 is 8.87. The molecule has 1 aliphatic carbocycles. The molecule has 0 saturated heterocycles. The SMILES string of the molecule is CCn1c(SCC(=O)Nc2sc3c(c2C#N)CCCCC3)nnc1C(C)Oc1ccc(F)cc1Cl. The highest BCUT2D eigenvalue weighted by molar-refractivity contribution is 7.99. The van der Waals surface area contributed by atoms with Crippen LogP contribution >= 0.6 is 34.7 Å². The maximum absolute atomic E-state index is 13.3. The predicted molar refractivity (Wildman–Crippen MR) is 136 cm³/mol. The first-order chi connectivity index (χ1) is 16.9. The topological polar surface area (TPSA) is 92.8 Å². The number of aromatic nitrogens is 3. The molecule has 2 aromatic heterocycles. The van der Waals surface area contributed by atoms with E-state index < -0.39 is 11.9 Å². The number of ether oxygens (including phenoxy) is 1. The summed E-state index contributed by atoms with van der Waals surface area (Å²) in [6, 6.07) is 6.23. The van der Waals surface area contributed by atoms with Gasteiger partial charge in [0.2, 0.25) is 5.91 Å². The first-order valence-electron chi connectivity index (χ1n) is 11.4. The van der Waals surface area contributed by atoms with Crippen molar-refractivity contribution in [2.75, 3.05) is 11.1 Å². The third-order valence-corrected chi connectivity index (χ3v) is 8.21. The Kier molecular flexibility index (Phi) is 8.31. The molecular formula is C24H25ClFN5O2S2. The highest BCUT2D eigenvalue weighted by Gasteiger charge is 2.23. The number of thioether (sulfide) groups is 1. The number of amides is 1. The number of hydrogen-bond acceptors (Lipinski definition) is 7. The number of nitriles is 1. The fourth-order valence-electron chi connectivity index (χ4n) is 4.06. The molecule has 0 saturated carbocycles. The summed E-state index contributed by atoms with van der Waals surface area (Å²) in [5.41, 5.74) is 1.71. The van der Waals surface area contributed by atoms with E-state index in [-0.39, 0.29) is 16.7 Å². The quantitative estimate of drug-likeness (QED) is 0.275. The molecule has 0 spiro atoms. The fourth-order valence-corrected chi connectivity index (χ4v) is 6.34. The number of nitrogens with zero attached hydrogens (tertiary/aromatic N) is 4. The average Bonchev–Trinajstić information content (AvgIpc) is 3.31. The Hall–Kier alpha value is -2.61. The molecule has 1 N–H and O–H groups in total. The number of carbonyl (C=O) groups is 1. The van der Waals surface area contributed by atoms with E-state index >= 15 is 0 Å². The molecule has 0 radical (unpaired) electrons. The fraction of sp³-hybridized carbons (Fsp3) is 0.417. The number of benzene rings is 1. The van der Waals surface area contributed by atoms with Crippen molar-refractivity contribution in [1.29, 1.82) is 5.26 Å². The lowest BCUT2D eigenvalue weighted by molar-refractivity contribution is -0.113. The highest BCUT2D eigenvalue weighted by Crippen LogP contribution is 2.37. The lowest BCUT2D eigenvalue weighted by Gasteiger charge is -2.16. The van der Waals surface area contributed by atoms with Crippen LogP contribution in [0.25, 0.3) is 0 Å². The Morgan fingerprint density at radius 3 is 2.91 bits per heavy atom. The summed E-state index contributed by atoms with van der Waals surface area (Å²) in [5.74, 6) is 0.415. The third kappa shape index (κ3) is 5.80. The van der Waals surface area contributed by atoms with Gasteiger partial charge in [0, 0.05) is 11.4 Å². The molecule has 11 heteroatoms. The molecular weight excluding hydrogens is 509 g/mol. The van der Waals surface area contributed by atoms with E-state index in [9.17, 15) is 14.4 Å². The van der Waals surface area contributed by atoms with Crippen LogP contribution in [-0.2, 0) is 24.2 Å². The molecule has 4 rings (SSSR count). The van der Waals surface area contributed by atoms with E-state index in [1.807, 2.05) is 11.5 Å². The minimum absolute atomic E-state index is 0.130. The van der Waals surface area contributed by atoms with Gasteiger partial charge in [-0.15, -0.1) is 21.5 Å². The number of halogens is 2. The Morgan fingerprint density at radius 1 is 1.37 bits per heavy atom. The van der Waals surface area contributed by atoms with Crippen LogP contribution < -0.4 is 10.1 Å². The van der Waals surface area contributed by atoms with Gasteiger partial charge in [-0.1, -0.05) is 29.8 Å². The van der Waals surface area contributed by atoms with E-state index in [1.54, 1.807) is 6.92 Å². The number of nitrogens with one attached hydrogen (secondary N) is 1. The van der Waals surface area contributed by atoms with E-state index in [0.717, 1.165) is 31.2 Å². The monoisotopic (exact) mass is 533 g/mol. The lowest BCUT2D eigenvalue weighted by atomic mass is 10.1. The minimum Gasteiger partial charge on any atom is -0.481 e. The van der Waals surface area contributed by atoms with Crippen molar-refractivity contribution < 1.29 is 13.9 Å². The summed E-state index contributed by atoms with van der Waals surface area (Å²) < 4.78 is 21.1. The van der Waals surface area contributed by atoms with E-state index in [0.29, 0.717) is 33.8 Å². The number of anilines is 1. The van der Waals surface area contributed by atoms with Gasteiger partial charge in [-0.3, -0.25) is 4.79 Å². The van der Waals surface area contributed by atoms with Crippen molar-refractivity contribution in [2.24, 2.45) is 0 Å². The van der Waals surface area contributed by atoms with Gasteiger partial charge in [0.15, 0.2) is 17.1 Å². The summed E-state index contributed by atoms with van der Waals surface area (Å²) in [7, 11) is 0. The molecule has 1 unspecified atom stereocenters. The van der Waals surface area contributed by atoms with Crippen molar-refractivity contribution in [3.63, 3.8) is 0 Å². The first kappa shape index (κ1) is 25.5. The average molecular weight is 534 g/mol. The molecule has 3 aromatic rings. The van der Waals surface area contributed by atoms with E-state index in [1.165, 1.54) is 52.6 Å². The van der Waals surface area contributed by atoms with Gasteiger partial charge in [0.25, 0.3) is 0 Å². The van der Waals surface area contributed by atoms with Crippen molar-refractivity contribution >= 4 is 45.6 Å². The maximum Gasteiger partial charge on any atom is 0.235 e. The maximum atomic E-state index is 13.3. The Morgan fingerprint density at radius 2 is 2.17 bits per heavy atom. The van der Waals surface area contributed by atoms with Crippen molar-refractivity contribution in [2.45, 2.75) is 63.8 Å². The van der Waals surface area contributed by atoms with Crippen LogP contribution in [0.4, 0.5) is 9.39 Å². The van der Waals surface area contributed by atoms with Crippen molar-refractivity contribution in [3.8, 4) is 11.8 Å². The van der Waals surface area contributed by atoms with Gasteiger partial charge < -0.3 is 14.6 Å². The van der Waals surface area contributed by atoms with Crippen LogP contribution in [0, 0.1) is 17.1 Å². The minimum atomic E-state index is -0.492. The predicted octanol–water partition coefficient (Wildman–Crippen LogP) is 6.16. The highest BCUT2D eigenvalue weighted by atomic mass is 35.5. The van der Waals surface area contributed by atoms with Gasteiger partial charge >= 0.3 is 0 Å². The van der Waals surface area contributed by atoms with Gasteiger partial charge in [-0.2, -0.15) is 5.26 Å². The number of thiophene rings is 1. The molecule has 7 nitrogen and oxygen atoms in total. The standard InChI is InChI=1S/C24H25ClFN5O2S2/c1-3-31-22(14(2)33-19-10-9-15(26)11-18(19)25)29-30-24(31)34-13-21(32)28-23-17(12-27)16-7-5-4-6-8-20(16)35-23/h9-11,14H,3-8,13H2,1-2H3,(H,28,32). The van der Waals surface area contributed by atoms with Crippen LogP contribution in [0.3, 0.4) is 0 Å². The molecule has 0 aliphatic heterocycles. The number of carbonyl (C=O) groups excluding carboxylic acids is 1. The Labute approximate surface area is 216 Å². The third-order valence-electron chi connectivity index (χ3n) is 5.74. The largest absolute Gasteiger partial charge is 0.481 e. The molecule has 2 heterocycles. The molecule has 0 bridgehead atoms. The van der Waals surface area contributed by atoms with E-state index in [2.05, 4.69) is 21.6 Å². The Balaban J connectivity index is 1.41. The number of rotatable bonds is 8. The first-order valence-corrected chi connectivity index (χ1v) is 13.6. The molecule has 0 fully saturated rings. The Bertz CT molecular complexity index is 1270. The van der Waals surface area contributed by atoms with Crippen LogP contribution in [0.1, 0.15) is 61.0 Å². The van der Waals surface area contributed by atoms with E-state index in [4.69, 9.17) is 16.3 Å². The normalized spacial score (nSPS) is 14.0.